The topological polar surface area (TPSA) is 118 Å². The molecular formula is C39H50ClN3O6S. The molecule has 2 fully saturated rings. The molecule has 5 aliphatic rings. The number of ether oxygens (including phenoxy) is 2. The van der Waals surface area contributed by atoms with Gasteiger partial charge in [0.05, 0.1) is 34.2 Å². The Morgan fingerprint density at radius 2 is 2.06 bits per heavy atom. The summed E-state index contributed by atoms with van der Waals surface area (Å²) in [5, 5.41) is 13.6. The molecule has 11 heteroatoms. The van der Waals surface area contributed by atoms with E-state index in [-0.39, 0.29) is 35.0 Å². The monoisotopic (exact) mass is 723 g/mol. The number of fused-ring (bicyclic) bond motifs is 4. The summed E-state index contributed by atoms with van der Waals surface area (Å²) in [7, 11) is -1.50. The van der Waals surface area contributed by atoms with E-state index in [1.807, 2.05) is 25.1 Å². The fraction of sp³-hybridized carbons (Fsp3) is 0.590. The highest BCUT2D eigenvalue weighted by Crippen LogP contribution is 2.47. The van der Waals surface area contributed by atoms with E-state index < -0.39 is 27.6 Å². The van der Waals surface area contributed by atoms with Gasteiger partial charge in [-0.2, -0.15) is 4.36 Å². The number of rotatable bonds is 4. The molecule has 0 unspecified atom stereocenters. The Hall–Kier alpha value is -2.92. The van der Waals surface area contributed by atoms with Crippen molar-refractivity contribution in [1.82, 2.24) is 5.32 Å². The molecule has 0 radical (unpaired) electrons. The van der Waals surface area contributed by atoms with Crippen LogP contribution in [0, 0.1) is 17.8 Å². The van der Waals surface area contributed by atoms with Crippen molar-refractivity contribution in [2.45, 2.75) is 88.4 Å². The summed E-state index contributed by atoms with van der Waals surface area (Å²) in [5.74, 6) is 0.131. The molecule has 0 saturated heterocycles. The van der Waals surface area contributed by atoms with E-state index in [0.717, 1.165) is 55.9 Å². The zero-order valence-electron chi connectivity index (χ0n) is 29.2. The van der Waals surface area contributed by atoms with Crippen LogP contribution in [0.4, 0.5) is 5.69 Å². The van der Waals surface area contributed by atoms with Crippen molar-refractivity contribution < 1.29 is 28.4 Å². The first-order valence-corrected chi connectivity index (χ1v) is 20.5. The molecule has 8 atom stereocenters. The van der Waals surface area contributed by atoms with Crippen LogP contribution < -0.4 is 15.0 Å². The zero-order valence-corrected chi connectivity index (χ0v) is 30.7. The van der Waals surface area contributed by atoms with Crippen LogP contribution in [-0.2, 0) is 31.1 Å². The summed E-state index contributed by atoms with van der Waals surface area (Å²) in [5.41, 5.74) is 3.46. The number of halogens is 1. The predicted molar refractivity (Wildman–Crippen MR) is 197 cm³/mol. The highest BCUT2D eigenvalue weighted by Gasteiger charge is 2.44. The summed E-state index contributed by atoms with van der Waals surface area (Å²) in [4.78, 5) is 29.6. The van der Waals surface area contributed by atoms with Gasteiger partial charge in [-0.15, -0.1) is 0 Å². The number of carbonyl (C=O) groups is 2. The van der Waals surface area contributed by atoms with Crippen LogP contribution in [0.25, 0.3) is 0 Å². The number of allylic oxidation sites excluding steroid dienone is 1. The first-order chi connectivity index (χ1) is 24.0. The Balaban J connectivity index is 1.27. The lowest BCUT2D eigenvalue weighted by molar-refractivity contribution is -0.119. The first kappa shape index (κ1) is 35.5. The van der Waals surface area contributed by atoms with Crippen molar-refractivity contribution in [3.05, 3.63) is 70.3 Å². The Morgan fingerprint density at radius 3 is 2.82 bits per heavy atom. The number of methoxy groups -OCH3 is 1. The standard InChI is InChI=1S/C39H50ClN3O6S/c1-25-5-3-7-35(48-2)32-13-8-28(32)20-43-23-39(16-4-6-26-17-29(40)10-14-33(26)39)24-49-36-15-9-27(18-34(36)43)38(46)42-50(47,21-25)22-37(45)41-30-11-12-31(44)19-30/h3,7,9-10,14-15,17-18,25,28,30-32,35,44H,4-6,8,11-13,16,19-24H2,1-2H3,(H,41,45)/b7-3+/t25-,28-,30+,31+,32+,35-,39-,50+/m0/s1. The van der Waals surface area contributed by atoms with Crippen LogP contribution in [0.2, 0.25) is 5.02 Å². The minimum atomic E-state index is -3.27. The van der Waals surface area contributed by atoms with E-state index in [9.17, 15) is 18.9 Å². The van der Waals surface area contributed by atoms with Gasteiger partial charge in [0.1, 0.15) is 11.5 Å². The van der Waals surface area contributed by atoms with Crippen LogP contribution in [0.15, 0.2) is 52.9 Å². The maximum Gasteiger partial charge on any atom is 0.285 e. The molecule has 50 heavy (non-hydrogen) atoms. The molecule has 2 aromatic rings. The lowest BCUT2D eigenvalue weighted by Gasteiger charge is -2.46. The van der Waals surface area contributed by atoms with Crippen molar-refractivity contribution in [2.75, 3.05) is 43.2 Å². The van der Waals surface area contributed by atoms with Gasteiger partial charge in [-0.05, 0) is 117 Å². The highest BCUT2D eigenvalue weighted by atomic mass is 35.5. The number of benzene rings is 2. The zero-order chi connectivity index (χ0) is 35.0. The summed E-state index contributed by atoms with van der Waals surface area (Å²) in [6, 6.07) is 11.5. The lowest BCUT2D eigenvalue weighted by Crippen LogP contribution is -2.49. The third-order valence-electron chi connectivity index (χ3n) is 11.7. The minimum Gasteiger partial charge on any atom is -0.490 e. The maximum absolute atomic E-state index is 14.5. The second-order valence-electron chi connectivity index (χ2n) is 15.5. The second-order valence-corrected chi connectivity index (χ2v) is 18.3. The summed E-state index contributed by atoms with van der Waals surface area (Å²) in [6.45, 7) is 4.01. The Bertz CT molecular complexity index is 1770. The molecule has 9 nitrogen and oxygen atoms in total. The molecule has 2 amide bonds. The highest BCUT2D eigenvalue weighted by molar-refractivity contribution is 7.94. The largest absolute Gasteiger partial charge is 0.490 e. The average molecular weight is 724 g/mol. The number of hydrogen-bond acceptors (Lipinski definition) is 7. The number of hydrogen-bond donors (Lipinski definition) is 2. The van der Waals surface area contributed by atoms with Gasteiger partial charge < -0.3 is 24.8 Å². The minimum absolute atomic E-state index is 0.0439. The number of aliphatic hydroxyl groups is 1. The van der Waals surface area contributed by atoms with E-state index in [4.69, 9.17) is 21.1 Å². The number of carbonyl (C=O) groups excluding carboxylic acids is 2. The van der Waals surface area contributed by atoms with Crippen molar-refractivity contribution in [2.24, 2.45) is 22.1 Å². The fourth-order valence-corrected chi connectivity index (χ4v) is 11.4. The molecule has 7 rings (SSSR count). The second kappa shape index (κ2) is 14.6. The van der Waals surface area contributed by atoms with E-state index in [1.54, 1.807) is 13.2 Å². The van der Waals surface area contributed by atoms with Gasteiger partial charge in [0, 0.05) is 48.0 Å². The van der Waals surface area contributed by atoms with Crippen LogP contribution in [-0.4, -0.2) is 77.7 Å². The number of amides is 2. The van der Waals surface area contributed by atoms with Crippen molar-refractivity contribution in [3.8, 4) is 5.75 Å². The molecule has 2 N–H and O–H groups in total. The average Bonchev–Trinajstić information content (AvgIpc) is 3.40. The molecule has 2 bridgehead atoms. The predicted octanol–water partition coefficient (Wildman–Crippen LogP) is 6.09. The third kappa shape index (κ3) is 7.50. The Kier molecular flexibility index (Phi) is 10.4. The summed E-state index contributed by atoms with van der Waals surface area (Å²) >= 11 is 6.45. The molecule has 3 aliphatic carbocycles. The lowest BCUT2D eigenvalue weighted by atomic mass is 9.68. The summed E-state index contributed by atoms with van der Waals surface area (Å²) < 4.78 is 31.6. The number of nitrogens with one attached hydrogen (secondary N) is 1. The number of anilines is 1. The van der Waals surface area contributed by atoms with E-state index in [0.29, 0.717) is 55.4 Å². The number of aliphatic hydroxyl groups excluding tert-OH is 1. The van der Waals surface area contributed by atoms with Crippen molar-refractivity contribution >= 4 is 38.8 Å². The Labute approximate surface area is 301 Å². The van der Waals surface area contributed by atoms with E-state index in [2.05, 4.69) is 38.9 Å². The molecule has 2 aromatic carbocycles. The normalized spacial score (nSPS) is 34.7. The molecule has 270 valence electrons. The molecule has 2 saturated carbocycles. The van der Waals surface area contributed by atoms with Gasteiger partial charge in [0.2, 0.25) is 5.91 Å². The summed E-state index contributed by atoms with van der Waals surface area (Å²) in [6.07, 6.45) is 11.3. The first-order valence-electron chi connectivity index (χ1n) is 18.3. The number of nitrogens with zero attached hydrogens (tertiary/aromatic N) is 2. The van der Waals surface area contributed by atoms with Crippen LogP contribution in [0.3, 0.4) is 0 Å². The molecule has 0 aromatic heterocycles. The smallest absolute Gasteiger partial charge is 0.285 e. The van der Waals surface area contributed by atoms with Crippen molar-refractivity contribution in [1.29, 1.82) is 0 Å². The van der Waals surface area contributed by atoms with Gasteiger partial charge in [-0.25, -0.2) is 4.21 Å². The van der Waals surface area contributed by atoms with Crippen molar-refractivity contribution in [3.63, 3.8) is 0 Å². The molecule has 2 heterocycles. The number of aryl methyl sites for hydroxylation is 1. The van der Waals surface area contributed by atoms with Gasteiger partial charge in [-0.3, -0.25) is 9.59 Å². The SMILES string of the molecule is CO[C@H]1/C=C/C[C@H](C)C[S@@](=O)(CC(=O)N[C@@H]2CC[C@@H](O)C2)=NC(=O)c2ccc3c(c2)N(C[C@@H]2CC[C@H]21)C[C@@]1(CCCc2cc(Cl)ccc21)CO3. The third-order valence-corrected chi connectivity index (χ3v) is 14.2. The molecular weight excluding hydrogens is 674 g/mol. The van der Waals surface area contributed by atoms with E-state index >= 15 is 0 Å². The van der Waals surface area contributed by atoms with Crippen LogP contribution in [0.1, 0.15) is 79.8 Å². The van der Waals surface area contributed by atoms with Gasteiger partial charge in [0.15, 0.2) is 0 Å². The molecule has 1 spiro atoms. The van der Waals surface area contributed by atoms with Gasteiger partial charge in [-0.1, -0.05) is 36.7 Å². The van der Waals surface area contributed by atoms with Gasteiger partial charge >= 0.3 is 0 Å². The van der Waals surface area contributed by atoms with Gasteiger partial charge in [0.25, 0.3) is 5.91 Å². The molecule has 2 aliphatic heterocycles. The fourth-order valence-electron chi connectivity index (χ4n) is 9.03. The quantitative estimate of drug-likeness (QED) is 0.367. The van der Waals surface area contributed by atoms with Crippen LogP contribution >= 0.6 is 11.6 Å². The Morgan fingerprint density at radius 1 is 1.20 bits per heavy atom. The van der Waals surface area contributed by atoms with Crippen LogP contribution in [0.5, 0.6) is 5.75 Å². The maximum atomic E-state index is 14.5. The van der Waals surface area contributed by atoms with E-state index in [1.165, 1.54) is 11.1 Å².